The van der Waals surface area contributed by atoms with Crippen LogP contribution in [0.3, 0.4) is 0 Å². The Morgan fingerprint density at radius 1 is 0.936 bits per heavy atom. The van der Waals surface area contributed by atoms with E-state index in [9.17, 15) is 33.6 Å². The van der Waals surface area contributed by atoms with Crippen molar-refractivity contribution < 1.29 is 38.3 Å². The molecule has 16 heteroatoms. The second-order valence-electron chi connectivity index (χ2n) is 11.3. The normalized spacial score (nSPS) is 13.6. The van der Waals surface area contributed by atoms with Gasteiger partial charge >= 0.3 is 12.1 Å². The number of anilines is 1. The van der Waals surface area contributed by atoms with Crippen LogP contribution in [-0.4, -0.2) is 104 Å². The summed E-state index contributed by atoms with van der Waals surface area (Å²) in [5, 5.41) is 13.6. The predicted molar refractivity (Wildman–Crippen MR) is 172 cm³/mol. The zero-order chi connectivity index (χ0) is 34.9. The fourth-order valence-corrected chi connectivity index (χ4v) is 4.42. The Balaban J connectivity index is 1.99. The van der Waals surface area contributed by atoms with Gasteiger partial charge in [0.05, 0.1) is 0 Å². The quantitative estimate of drug-likeness (QED) is 0.0881. The molecule has 2 rings (SSSR count). The largest absolute Gasteiger partial charge is 0.445 e. The highest BCUT2D eigenvalue weighted by Crippen LogP contribution is 2.13. The number of nitrogens with one attached hydrogen (secondary N) is 5. The molecule has 0 saturated carbocycles. The molecule has 7 N–H and O–H groups in total. The lowest BCUT2D eigenvalue weighted by atomic mass is 10.0. The van der Waals surface area contributed by atoms with E-state index in [-0.39, 0.29) is 44.9 Å². The van der Waals surface area contributed by atoms with Gasteiger partial charge in [0.1, 0.15) is 18.7 Å². The first-order valence-electron chi connectivity index (χ1n) is 15.4. The van der Waals surface area contributed by atoms with Gasteiger partial charge in [0.2, 0.25) is 17.7 Å². The molecule has 0 bridgehead atoms. The third-order valence-corrected chi connectivity index (χ3v) is 7.15. The number of carbonyl (C=O) groups excluding carboxylic acids is 7. The van der Waals surface area contributed by atoms with Gasteiger partial charge in [-0.25, -0.2) is 9.59 Å². The molecular weight excluding hydrogens is 612 g/mol. The molecular formula is C31H46N8O8. The second-order valence-corrected chi connectivity index (χ2v) is 11.3. The van der Waals surface area contributed by atoms with Gasteiger partial charge in [0.25, 0.3) is 11.8 Å². The van der Waals surface area contributed by atoms with Crippen molar-refractivity contribution in [3.63, 3.8) is 0 Å². The minimum absolute atomic E-state index is 0.0293. The highest BCUT2D eigenvalue weighted by atomic mass is 16.6. The van der Waals surface area contributed by atoms with Gasteiger partial charge in [-0.1, -0.05) is 26.0 Å². The number of amides is 8. The van der Waals surface area contributed by atoms with Crippen molar-refractivity contribution in [3.05, 3.63) is 42.0 Å². The third-order valence-electron chi connectivity index (χ3n) is 7.15. The lowest BCUT2D eigenvalue weighted by Gasteiger charge is -2.25. The van der Waals surface area contributed by atoms with Gasteiger partial charge in [-0.3, -0.25) is 28.9 Å². The molecule has 2 atom stereocenters. The number of rotatable bonds is 19. The first-order chi connectivity index (χ1) is 22.3. The number of benzene rings is 1. The van der Waals surface area contributed by atoms with E-state index in [1.165, 1.54) is 17.1 Å². The number of ether oxygens (including phenoxy) is 1. The van der Waals surface area contributed by atoms with Crippen molar-refractivity contribution in [2.45, 2.75) is 58.2 Å². The highest BCUT2D eigenvalue weighted by molar-refractivity contribution is 6.12. The molecule has 1 aliphatic rings. The van der Waals surface area contributed by atoms with Gasteiger partial charge < -0.3 is 42.0 Å². The number of likely N-dealkylation sites (N-methyl/N-ethyl adjacent to an activating group) is 2. The van der Waals surface area contributed by atoms with Crippen molar-refractivity contribution in [1.29, 1.82) is 0 Å². The summed E-state index contributed by atoms with van der Waals surface area (Å²) in [6.45, 7) is 4.88. The van der Waals surface area contributed by atoms with Gasteiger partial charge in [-0.05, 0) is 49.9 Å². The SMILES string of the molecule is CNCCN(C)C(=O)OCc1ccc(NC(=O)[C@H](CCCNC(N)=O)NC(=O)[C@@H](NC(=O)CCCN2C(=O)C=CC2=O)C(C)C)cc1. The summed E-state index contributed by atoms with van der Waals surface area (Å²) in [6, 6.07) is 3.93. The van der Waals surface area contributed by atoms with Gasteiger partial charge in [-0.2, -0.15) is 0 Å². The smallest absolute Gasteiger partial charge is 0.409 e. The van der Waals surface area contributed by atoms with Crippen molar-refractivity contribution >= 4 is 47.3 Å². The fraction of sp³-hybridized carbons (Fsp3) is 0.516. The van der Waals surface area contributed by atoms with Crippen LogP contribution in [-0.2, 0) is 35.3 Å². The molecule has 0 radical (unpaired) electrons. The maximum atomic E-state index is 13.3. The molecule has 0 spiro atoms. The molecule has 1 heterocycles. The van der Waals surface area contributed by atoms with Crippen LogP contribution in [0.25, 0.3) is 0 Å². The van der Waals surface area contributed by atoms with E-state index in [1.807, 2.05) is 0 Å². The molecule has 0 fully saturated rings. The number of urea groups is 1. The Morgan fingerprint density at radius 2 is 1.60 bits per heavy atom. The van der Waals surface area contributed by atoms with Crippen molar-refractivity contribution in [3.8, 4) is 0 Å². The number of hydrogen-bond acceptors (Lipinski definition) is 9. The lowest BCUT2D eigenvalue weighted by Crippen LogP contribution is -2.54. The van der Waals surface area contributed by atoms with Gasteiger partial charge in [-0.15, -0.1) is 0 Å². The number of nitrogens with zero attached hydrogens (tertiary/aromatic N) is 2. The Kier molecular flexibility index (Phi) is 15.9. The molecule has 16 nitrogen and oxygen atoms in total. The summed E-state index contributed by atoms with van der Waals surface area (Å²) in [5.74, 6) is -2.77. The molecule has 0 aromatic heterocycles. The zero-order valence-electron chi connectivity index (χ0n) is 27.3. The Morgan fingerprint density at radius 3 is 2.19 bits per heavy atom. The minimum Gasteiger partial charge on any atom is -0.445 e. The number of primary amides is 1. The molecule has 1 aromatic carbocycles. The second kappa shape index (κ2) is 19.5. The van der Waals surface area contributed by atoms with E-state index in [1.54, 1.807) is 52.2 Å². The summed E-state index contributed by atoms with van der Waals surface area (Å²) in [6.07, 6.45) is 2.52. The van der Waals surface area contributed by atoms with Crippen LogP contribution in [0.4, 0.5) is 15.3 Å². The predicted octanol–water partition coefficient (Wildman–Crippen LogP) is 0.192. The van der Waals surface area contributed by atoms with Crippen LogP contribution >= 0.6 is 0 Å². The highest BCUT2D eigenvalue weighted by Gasteiger charge is 2.29. The van der Waals surface area contributed by atoms with Crippen molar-refractivity contribution in [2.75, 3.05) is 45.6 Å². The molecule has 1 aromatic rings. The van der Waals surface area contributed by atoms with Crippen molar-refractivity contribution in [1.82, 2.24) is 31.1 Å². The van der Waals surface area contributed by atoms with E-state index < -0.39 is 53.7 Å². The van der Waals surface area contributed by atoms with Crippen LogP contribution in [0.2, 0.25) is 0 Å². The molecule has 0 saturated heterocycles. The van der Waals surface area contributed by atoms with Crippen LogP contribution in [0.15, 0.2) is 36.4 Å². The Hall–Kier alpha value is -4.99. The van der Waals surface area contributed by atoms with E-state index in [0.717, 1.165) is 4.90 Å². The average molecular weight is 659 g/mol. The summed E-state index contributed by atoms with van der Waals surface area (Å²) in [5.41, 5.74) is 6.26. The average Bonchev–Trinajstić information content (AvgIpc) is 3.35. The first kappa shape index (κ1) is 38.2. The molecule has 258 valence electrons. The standard InChI is InChI=1S/C31H46N8O8/c1-20(2)27(37-24(40)8-6-17-39-25(41)13-14-26(39)42)29(44)36-23(7-5-15-34-30(32)45)28(43)35-22-11-9-21(10-12-22)19-47-31(46)38(4)18-16-33-3/h9-14,20,23,27,33H,5-8,15-19H2,1-4H3,(H,35,43)(H,36,44)(H,37,40)(H3,32,34,45)/t23-,27-/m0/s1. The van der Waals surface area contributed by atoms with E-state index in [4.69, 9.17) is 10.5 Å². The summed E-state index contributed by atoms with van der Waals surface area (Å²) >= 11 is 0. The fourth-order valence-electron chi connectivity index (χ4n) is 4.42. The first-order valence-corrected chi connectivity index (χ1v) is 15.4. The van der Waals surface area contributed by atoms with Gasteiger partial charge in [0, 0.05) is 57.5 Å². The Labute approximate surface area is 274 Å². The third kappa shape index (κ3) is 13.5. The summed E-state index contributed by atoms with van der Waals surface area (Å²) in [4.78, 5) is 88.4. The molecule has 0 aliphatic carbocycles. The summed E-state index contributed by atoms with van der Waals surface area (Å²) in [7, 11) is 3.42. The molecule has 0 unspecified atom stereocenters. The lowest BCUT2D eigenvalue weighted by molar-refractivity contribution is -0.137. The monoisotopic (exact) mass is 658 g/mol. The summed E-state index contributed by atoms with van der Waals surface area (Å²) < 4.78 is 5.31. The topological polar surface area (TPSA) is 221 Å². The number of imide groups is 1. The minimum atomic E-state index is -1.02. The number of carbonyl (C=O) groups is 7. The zero-order valence-corrected chi connectivity index (χ0v) is 27.3. The van der Waals surface area contributed by atoms with Crippen LogP contribution < -0.4 is 32.3 Å². The van der Waals surface area contributed by atoms with Crippen LogP contribution in [0.5, 0.6) is 0 Å². The van der Waals surface area contributed by atoms with Crippen LogP contribution in [0.1, 0.15) is 45.1 Å². The van der Waals surface area contributed by atoms with Crippen molar-refractivity contribution in [2.24, 2.45) is 11.7 Å². The molecule has 1 aliphatic heterocycles. The van der Waals surface area contributed by atoms with E-state index >= 15 is 0 Å². The number of hydrogen-bond donors (Lipinski definition) is 6. The van der Waals surface area contributed by atoms with E-state index in [2.05, 4.69) is 26.6 Å². The number of nitrogens with two attached hydrogens (primary N) is 1. The maximum absolute atomic E-state index is 13.3. The van der Waals surface area contributed by atoms with Gasteiger partial charge in [0.15, 0.2) is 0 Å². The molecule has 47 heavy (non-hydrogen) atoms. The van der Waals surface area contributed by atoms with E-state index in [0.29, 0.717) is 30.8 Å². The molecule has 8 amide bonds. The van der Waals surface area contributed by atoms with Crippen LogP contribution in [0, 0.1) is 5.92 Å². The Bertz CT molecular complexity index is 1280. The maximum Gasteiger partial charge on any atom is 0.409 e.